The van der Waals surface area contributed by atoms with Gasteiger partial charge in [-0.3, -0.25) is 9.59 Å². The van der Waals surface area contributed by atoms with Crippen LogP contribution in [0, 0.1) is 12.7 Å². The maximum Gasteiger partial charge on any atom is 0.254 e. The summed E-state index contributed by atoms with van der Waals surface area (Å²) >= 11 is 0. The van der Waals surface area contributed by atoms with E-state index in [1.54, 1.807) is 24.0 Å². The fourth-order valence-electron chi connectivity index (χ4n) is 3.11. The van der Waals surface area contributed by atoms with E-state index in [1.807, 2.05) is 4.90 Å². The highest BCUT2D eigenvalue weighted by Gasteiger charge is 2.24. The minimum Gasteiger partial charge on any atom is -0.339 e. The summed E-state index contributed by atoms with van der Waals surface area (Å²) in [5, 5.41) is 0. The lowest BCUT2D eigenvalue weighted by atomic mass is 10.1. The molecule has 0 radical (unpaired) electrons. The van der Waals surface area contributed by atoms with Crippen LogP contribution in [-0.4, -0.2) is 47.8 Å². The van der Waals surface area contributed by atoms with E-state index < -0.39 is 0 Å². The number of piperazine rings is 1. The van der Waals surface area contributed by atoms with Crippen molar-refractivity contribution >= 4 is 11.8 Å². The third-order valence-corrected chi connectivity index (χ3v) is 4.83. The number of aryl methyl sites for hydroxylation is 1. The first-order chi connectivity index (χ1) is 12.0. The fourth-order valence-corrected chi connectivity index (χ4v) is 3.11. The molecule has 4 nitrogen and oxygen atoms in total. The lowest BCUT2D eigenvalue weighted by Crippen LogP contribution is -2.50. The Kier molecular flexibility index (Phi) is 7.41. The molecule has 0 aromatic heterocycles. The van der Waals surface area contributed by atoms with E-state index in [2.05, 4.69) is 6.92 Å². The fraction of sp³-hybridized carbons (Fsp3) is 0.600. The second-order valence-corrected chi connectivity index (χ2v) is 6.80. The first kappa shape index (κ1) is 19.4. The van der Waals surface area contributed by atoms with Crippen molar-refractivity contribution in [1.29, 1.82) is 0 Å². The zero-order valence-electron chi connectivity index (χ0n) is 15.4. The largest absolute Gasteiger partial charge is 0.339 e. The lowest BCUT2D eigenvalue weighted by molar-refractivity contribution is -0.132. The number of hydrogen-bond acceptors (Lipinski definition) is 2. The smallest absolute Gasteiger partial charge is 0.254 e. The predicted molar refractivity (Wildman–Crippen MR) is 97.0 cm³/mol. The number of amides is 2. The quantitative estimate of drug-likeness (QED) is 0.704. The van der Waals surface area contributed by atoms with Crippen LogP contribution in [0.3, 0.4) is 0 Å². The third kappa shape index (κ3) is 5.55. The molecule has 1 aliphatic rings. The van der Waals surface area contributed by atoms with E-state index in [1.165, 1.54) is 25.3 Å². The predicted octanol–water partition coefficient (Wildman–Crippen LogP) is 3.78. The van der Waals surface area contributed by atoms with E-state index in [9.17, 15) is 14.0 Å². The maximum absolute atomic E-state index is 13.6. The van der Waals surface area contributed by atoms with Crippen molar-refractivity contribution < 1.29 is 14.0 Å². The summed E-state index contributed by atoms with van der Waals surface area (Å²) < 4.78 is 13.6. The Morgan fingerprint density at radius 3 is 2.28 bits per heavy atom. The van der Waals surface area contributed by atoms with Crippen molar-refractivity contribution in [2.24, 2.45) is 0 Å². The van der Waals surface area contributed by atoms with Gasteiger partial charge in [-0.15, -0.1) is 0 Å². The molecule has 1 saturated heterocycles. The topological polar surface area (TPSA) is 40.6 Å². The van der Waals surface area contributed by atoms with Gasteiger partial charge in [-0.1, -0.05) is 38.7 Å². The van der Waals surface area contributed by atoms with Gasteiger partial charge in [0, 0.05) is 38.2 Å². The molecule has 2 rings (SSSR count). The number of rotatable bonds is 7. The molecule has 1 aromatic carbocycles. The van der Waals surface area contributed by atoms with E-state index >= 15 is 0 Å². The van der Waals surface area contributed by atoms with Gasteiger partial charge in [0.25, 0.3) is 5.91 Å². The Morgan fingerprint density at radius 1 is 1.00 bits per heavy atom. The third-order valence-electron chi connectivity index (χ3n) is 4.83. The van der Waals surface area contributed by atoms with Crippen molar-refractivity contribution in [3.05, 3.63) is 35.1 Å². The molecule has 0 atom stereocenters. The van der Waals surface area contributed by atoms with Gasteiger partial charge in [-0.05, 0) is 31.0 Å². The van der Waals surface area contributed by atoms with Gasteiger partial charge in [0.2, 0.25) is 5.91 Å². The van der Waals surface area contributed by atoms with Gasteiger partial charge in [0.15, 0.2) is 0 Å². The monoisotopic (exact) mass is 348 g/mol. The van der Waals surface area contributed by atoms with Crippen LogP contribution in [0.4, 0.5) is 4.39 Å². The maximum atomic E-state index is 13.6. The number of benzene rings is 1. The van der Waals surface area contributed by atoms with Crippen LogP contribution in [0.1, 0.15) is 61.4 Å². The second kappa shape index (κ2) is 9.54. The molecule has 5 heteroatoms. The van der Waals surface area contributed by atoms with Crippen LogP contribution in [0.15, 0.2) is 18.2 Å². The summed E-state index contributed by atoms with van der Waals surface area (Å²) in [7, 11) is 0. The van der Waals surface area contributed by atoms with Crippen molar-refractivity contribution in [3.8, 4) is 0 Å². The van der Waals surface area contributed by atoms with Crippen LogP contribution in [0.5, 0.6) is 0 Å². The second-order valence-electron chi connectivity index (χ2n) is 6.80. The van der Waals surface area contributed by atoms with Crippen LogP contribution >= 0.6 is 0 Å². The molecule has 1 aliphatic heterocycles. The Bertz CT molecular complexity index is 595. The van der Waals surface area contributed by atoms with Crippen molar-refractivity contribution in [3.63, 3.8) is 0 Å². The highest BCUT2D eigenvalue weighted by Crippen LogP contribution is 2.14. The molecular weight excluding hydrogens is 319 g/mol. The van der Waals surface area contributed by atoms with Gasteiger partial charge in [0.1, 0.15) is 5.82 Å². The minimum absolute atomic E-state index is 0.162. The summed E-state index contributed by atoms with van der Waals surface area (Å²) in [6.45, 7) is 6.00. The highest BCUT2D eigenvalue weighted by molar-refractivity contribution is 5.94. The van der Waals surface area contributed by atoms with Crippen molar-refractivity contribution in [2.75, 3.05) is 26.2 Å². The number of carbonyl (C=O) groups excluding carboxylic acids is 2. The Hall–Kier alpha value is -1.91. The number of unbranched alkanes of at least 4 members (excludes halogenated alkanes) is 4. The summed E-state index contributed by atoms with van der Waals surface area (Å²) in [5.41, 5.74) is 0.907. The van der Waals surface area contributed by atoms with E-state index in [-0.39, 0.29) is 17.6 Å². The van der Waals surface area contributed by atoms with Gasteiger partial charge in [-0.25, -0.2) is 4.39 Å². The summed E-state index contributed by atoms with van der Waals surface area (Å²) in [6.07, 6.45) is 6.28. The van der Waals surface area contributed by atoms with Crippen LogP contribution in [0.25, 0.3) is 0 Å². The van der Waals surface area contributed by atoms with Gasteiger partial charge in [-0.2, -0.15) is 0 Å². The molecule has 25 heavy (non-hydrogen) atoms. The zero-order valence-corrected chi connectivity index (χ0v) is 15.4. The van der Waals surface area contributed by atoms with E-state index in [4.69, 9.17) is 0 Å². The molecule has 0 spiro atoms. The molecule has 0 aliphatic carbocycles. The molecule has 1 aromatic rings. The molecule has 1 fully saturated rings. The SMILES string of the molecule is CCCCCCCC(=O)N1CCN(C(=O)c2ccc(C)c(F)c2)CC1. The molecule has 2 amide bonds. The molecule has 0 bridgehead atoms. The van der Waals surface area contributed by atoms with Gasteiger partial charge < -0.3 is 9.80 Å². The summed E-state index contributed by atoms with van der Waals surface area (Å²) in [4.78, 5) is 28.3. The van der Waals surface area contributed by atoms with Crippen molar-refractivity contribution in [1.82, 2.24) is 9.80 Å². The van der Waals surface area contributed by atoms with Crippen LogP contribution < -0.4 is 0 Å². The highest BCUT2D eigenvalue weighted by atomic mass is 19.1. The Morgan fingerprint density at radius 2 is 1.64 bits per heavy atom. The molecule has 1 heterocycles. The normalized spacial score (nSPS) is 14.7. The summed E-state index contributed by atoms with van der Waals surface area (Å²) in [6, 6.07) is 4.58. The average molecular weight is 348 g/mol. The molecule has 138 valence electrons. The first-order valence-corrected chi connectivity index (χ1v) is 9.36. The van der Waals surface area contributed by atoms with E-state index in [0.29, 0.717) is 43.7 Å². The molecule has 0 N–H and O–H groups in total. The van der Waals surface area contributed by atoms with Crippen LogP contribution in [-0.2, 0) is 4.79 Å². The Labute approximate surface area is 150 Å². The molecular formula is C20H29FN2O2. The summed E-state index contributed by atoms with van der Waals surface area (Å²) in [5.74, 6) is -0.335. The zero-order chi connectivity index (χ0) is 18.2. The molecule has 0 unspecified atom stereocenters. The van der Waals surface area contributed by atoms with Gasteiger partial charge >= 0.3 is 0 Å². The molecule has 0 saturated carbocycles. The number of carbonyl (C=O) groups is 2. The number of hydrogen-bond donors (Lipinski definition) is 0. The minimum atomic E-state index is -0.359. The van der Waals surface area contributed by atoms with E-state index in [0.717, 1.165) is 12.8 Å². The Balaban J connectivity index is 1.77. The number of halogens is 1. The standard InChI is InChI=1S/C20H29FN2O2/c1-3-4-5-6-7-8-19(24)22-11-13-23(14-12-22)20(25)17-10-9-16(2)18(21)15-17/h9-10,15H,3-8,11-14H2,1-2H3. The average Bonchev–Trinajstić information content (AvgIpc) is 2.63. The number of nitrogens with zero attached hydrogens (tertiary/aromatic N) is 2. The lowest BCUT2D eigenvalue weighted by Gasteiger charge is -2.35. The van der Waals surface area contributed by atoms with Crippen LogP contribution in [0.2, 0.25) is 0 Å². The first-order valence-electron chi connectivity index (χ1n) is 9.36. The van der Waals surface area contributed by atoms with Crippen molar-refractivity contribution in [2.45, 2.75) is 52.4 Å². The van der Waals surface area contributed by atoms with Gasteiger partial charge in [0.05, 0.1) is 0 Å².